The van der Waals surface area contributed by atoms with E-state index in [0.29, 0.717) is 24.7 Å². The van der Waals surface area contributed by atoms with Crippen molar-refractivity contribution >= 4 is 17.7 Å². The number of hydrogen-bond donors (Lipinski definition) is 2. The molecular weight excluding hydrogens is 474 g/mol. The first-order valence-corrected chi connectivity index (χ1v) is 12.0. The molecule has 1 aliphatic rings. The molecule has 0 saturated heterocycles. The van der Waals surface area contributed by atoms with Gasteiger partial charge >= 0.3 is 0 Å². The van der Waals surface area contributed by atoms with Gasteiger partial charge in [0.2, 0.25) is 5.91 Å². The fraction of sp³-hybridized carbons (Fsp3) is 0.333. The van der Waals surface area contributed by atoms with Crippen molar-refractivity contribution in [3.05, 3.63) is 77.1 Å². The highest BCUT2D eigenvalue weighted by Gasteiger charge is 2.46. The van der Waals surface area contributed by atoms with E-state index in [1.54, 1.807) is 33.2 Å². The van der Waals surface area contributed by atoms with Crippen molar-refractivity contribution in [2.75, 3.05) is 20.8 Å². The van der Waals surface area contributed by atoms with Gasteiger partial charge in [0.1, 0.15) is 11.2 Å². The van der Waals surface area contributed by atoms with Crippen LogP contribution in [0.5, 0.6) is 11.5 Å². The summed E-state index contributed by atoms with van der Waals surface area (Å²) in [6.45, 7) is 4.79. The number of likely N-dealkylation sites (N-methyl/N-ethyl adjacent to an activating group) is 1. The topological polar surface area (TPSA) is 115 Å². The molecule has 3 aromatic rings. The Morgan fingerprint density at radius 1 is 1.03 bits per heavy atom. The van der Waals surface area contributed by atoms with E-state index in [1.807, 2.05) is 43.3 Å². The predicted molar refractivity (Wildman–Crippen MR) is 136 cm³/mol. The summed E-state index contributed by atoms with van der Waals surface area (Å²) in [4.78, 5) is 40.5. The Bertz CT molecular complexity index is 1310. The van der Waals surface area contributed by atoms with Crippen molar-refractivity contribution in [2.45, 2.75) is 39.0 Å². The van der Waals surface area contributed by atoms with Crippen molar-refractivity contribution in [3.63, 3.8) is 0 Å². The molecule has 3 amide bonds. The van der Waals surface area contributed by atoms with Crippen LogP contribution in [0.15, 0.2) is 54.6 Å². The molecule has 4 rings (SSSR count). The van der Waals surface area contributed by atoms with Crippen LogP contribution in [-0.2, 0) is 24.4 Å². The molecule has 2 aromatic carbocycles. The van der Waals surface area contributed by atoms with Gasteiger partial charge in [-0.05, 0) is 37.1 Å². The van der Waals surface area contributed by atoms with Gasteiger partial charge in [-0.1, -0.05) is 36.4 Å². The second kappa shape index (κ2) is 10.7. The molecule has 0 bridgehead atoms. The minimum absolute atomic E-state index is 0.101. The number of rotatable bonds is 9. The smallest absolute Gasteiger partial charge is 0.272 e. The molecule has 1 aromatic heterocycles. The summed E-state index contributed by atoms with van der Waals surface area (Å²) in [6.07, 6.45) is 0. The van der Waals surface area contributed by atoms with Crippen LogP contribution < -0.4 is 20.1 Å². The summed E-state index contributed by atoms with van der Waals surface area (Å²) in [5.74, 6) is 0.0838. The third-order valence-corrected chi connectivity index (χ3v) is 6.50. The van der Waals surface area contributed by atoms with Crippen LogP contribution in [0, 0.1) is 0 Å². The van der Waals surface area contributed by atoms with Gasteiger partial charge in [0.05, 0.1) is 20.3 Å². The van der Waals surface area contributed by atoms with E-state index < -0.39 is 11.4 Å². The molecule has 37 heavy (non-hydrogen) atoms. The predicted octanol–water partition coefficient (Wildman–Crippen LogP) is 2.38. The molecular formula is C27H31N5O5. The number of aromatic nitrogens is 2. The highest BCUT2D eigenvalue weighted by molar-refractivity contribution is 6.01. The third kappa shape index (κ3) is 5.28. The number of carbonyl (C=O) groups is 3. The van der Waals surface area contributed by atoms with Gasteiger partial charge in [0.15, 0.2) is 17.2 Å². The molecule has 0 spiro atoms. The second-order valence-corrected chi connectivity index (χ2v) is 8.98. The Kier molecular flexibility index (Phi) is 7.47. The number of fused-ring (bicyclic) bond motifs is 1. The van der Waals surface area contributed by atoms with E-state index in [1.165, 1.54) is 15.6 Å². The summed E-state index contributed by atoms with van der Waals surface area (Å²) in [7, 11) is 3.14. The lowest BCUT2D eigenvalue weighted by Gasteiger charge is -2.40. The zero-order chi connectivity index (χ0) is 26.6. The van der Waals surface area contributed by atoms with Crippen LogP contribution >= 0.6 is 0 Å². The van der Waals surface area contributed by atoms with E-state index in [-0.39, 0.29) is 36.3 Å². The minimum Gasteiger partial charge on any atom is -0.493 e. The van der Waals surface area contributed by atoms with Gasteiger partial charge in [-0.15, -0.1) is 0 Å². The molecule has 2 N–H and O–H groups in total. The lowest BCUT2D eigenvalue weighted by molar-refractivity contribution is -0.132. The first-order chi connectivity index (χ1) is 17.8. The molecule has 1 unspecified atom stereocenters. The maximum atomic E-state index is 13.1. The van der Waals surface area contributed by atoms with Gasteiger partial charge in [-0.2, -0.15) is 5.10 Å². The van der Waals surface area contributed by atoms with Crippen LogP contribution in [-0.4, -0.2) is 58.7 Å². The zero-order valence-electron chi connectivity index (χ0n) is 21.4. The Labute approximate surface area is 215 Å². The van der Waals surface area contributed by atoms with Crippen LogP contribution in [0.4, 0.5) is 0 Å². The molecule has 0 radical (unpaired) electrons. The van der Waals surface area contributed by atoms with Gasteiger partial charge < -0.3 is 25.0 Å². The molecule has 10 nitrogen and oxygen atoms in total. The Morgan fingerprint density at radius 3 is 2.46 bits per heavy atom. The summed E-state index contributed by atoms with van der Waals surface area (Å²) in [5, 5.41) is 10.1. The number of ether oxygens (including phenoxy) is 2. The molecule has 1 aliphatic heterocycles. The van der Waals surface area contributed by atoms with E-state index in [9.17, 15) is 14.4 Å². The average molecular weight is 506 g/mol. The maximum Gasteiger partial charge on any atom is 0.272 e. The van der Waals surface area contributed by atoms with Gasteiger partial charge in [0.25, 0.3) is 11.8 Å². The van der Waals surface area contributed by atoms with Crippen LogP contribution in [0.25, 0.3) is 0 Å². The van der Waals surface area contributed by atoms with Crippen LogP contribution in [0.1, 0.15) is 46.0 Å². The SMILES string of the molecule is CCOc1ccc(CNC(=O)c2cc3n(n2)CC(C)(C(=O)NCc2ccccc2)N(C)C3=O)cc1OC. The van der Waals surface area contributed by atoms with Crippen molar-refractivity contribution in [1.82, 2.24) is 25.3 Å². The fourth-order valence-corrected chi connectivity index (χ4v) is 4.18. The van der Waals surface area contributed by atoms with Crippen LogP contribution in [0.2, 0.25) is 0 Å². The van der Waals surface area contributed by atoms with Crippen LogP contribution in [0.3, 0.4) is 0 Å². The quantitative estimate of drug-likeness (QED) is 0.462. The van der Waals surface area contributed by atoms with E-state index in [0.717, 1.165) is 11.1 Å². The summed E-state index contributed by atoms with van der Waals surface area (Å²) in [5.41, 5.74) is 0.953. The normalized spacial score (nSPS) is 16.6. The van der Waals surface area contributed by atoms with Crippen molar-refractivity contribution in [3.8, 4) is 11.5 Å². The van der Waals surface area contributed by atoms with Crippen molar-refractivity contribution < 1.29 is 23.9 Å². The Balaban J connectivity index is 1.45. The number of methoxy groups -OCH3 is 1. The van der Waals surface area contributed by atoms with Crippen molar-refractivity contribution in [1.29, 1.82) is 0 Å². The second-order valence-electron chi connectivity index (χ2n) is 8.98. The standard InChI is InChI=1S/C27H31N5O5/c1-5-37-22-12-11-19(13-23(22)36-4)16-28-24(33)20-14-21-25(34)31(3)27(2,17-32(21)30-20)26(35)29-15-18-9-7-6-8-10-18/h6-14H,5,15-17H2,1-4H3,(H,28,33)(H,29,35). The average Bonchev–Trinajstić information content (AvgIpc) is 3.34. The van der Waals surface area contributed by atoms with Crippen molar-refractivity contribution in [2.24, 2.45) is 0 Å². The number of amides is 3. The highest BCUT2D eigenvalue weighted by atomic mass is 16.5. The molecule has 10 heteroatoms. The highest BCUT2D eigenvalue weighted by Crippen LogP contribution is 2.28. The van der Waals surface area contributed by atoms with E-state index in [2.05, 4.69) is 15.7 Å². The number of nitrogens with one attached hydrogen (secondary N) is 2. The number of nitrogens with zero attached hydrogens (tertiary/aromatic N) is 3. The summed E-state index contributed by atoms with van der Waals surface area (Å²) < 4.78 is 12.3. The number of carbonyl (C=O) groups excluding carboxylic acids is 3. The monoisotopic (exact) mass is 505 g/mol. The van der Waals surface area contributed by atoms with Gasteiger partial charge in [-0.25, -0.2) is 0 Å². The van der Waals surface area contributed by atoms with E-state index >= 15 is 0 Å². The molecule has 194 valence electrons. The van der Waals surface area contributed by atoms with Gasteiger partial charge in [0, 0.05) is 26.2 Å². The Hall–Kier alpha value is -4.34. The maximum absolute atomic E-state index is 13.1. The minimum atomic E-state index is -1.17. The molecule has 2 heterocycles. The molecule has 0 fully saturated rings. The molecule has 1 atom stereocenters. The summed E-state index contributed by atoms with van der Waals surface area (Å²) in [6, 6.07) is 16.4. The summed E-state index contributed by atoms with van der Waals surface area (Å²) >= 11 is 0. The number of hydrogen-bond acceptors (Lipinski definition) is 6. The Morgan fingerprint density at radius 2 is 1.76 bits per heavy atom. The fourth-order valence-electron chi connectivity index (χ4n) is 4.18. The number of benzene rings is 2. The zero-order valence-corrected chi connectivity index (χ0v) is 21.4. The first kappa shape index (κ1) is 25.7. The third-order valence-electron chi connectivity index (χ3n) is 6.50. The lowest BCUT2D eigenvalue weighted by Crippen LogP contribution is -2.62. The van der Waals surface area contributed by atoms with E-state index in [4.69, 9.17) is 9.47 Å². The molecule has 0 saturated carbocycles. The first-order valence-electron chi connectivity index (χ1n) is 12.0. The lowest BCUT2D eigenvalue weighted by atomic mass is 9.96. The molecule has 0 aliphatic carbocycles. The largest absolute Gasteiger partial charge is 0.493 e. The van der Waals surface area contributed by atoms with Gasteiger partial charge in [-0.3, -0.25) is 19.1 Å².